The lowest BCUT2D eigenvalue weighted by molar-refractivity contribution is -0.139. The smallest absolute Gasteiger partial charge is 0.347 e. The first-order valence-corrected chi connectivity index (χ1v) is 10.7. The van der Waals surface area contributed by atoms with Gasteiger partial charge in [-0.2, -0.15) is 0 Å². The molecule has 0 aromatic heterocycles. The van der Waals surface area contributed by atoms with Crippen LogP contribution in [0.1, 0.15) is 110 Å². The van der Waals surface area contributed by atoms with Gasteiger partial charge in [0.05, 0.1) is 0 Å². The van der Waals surface area contributed by atoms with E-state index in [1.165, 1.54) is 70.6 Å². The lowest BCUT2D eigenvalue weighted by Crippen LogP contribution is -2.07. The molecule has 0 saturated heterocycles. The predicted octanol–water partition coefficient (Wildman–Crippen LogP) is 6.73. The maximum atomic E-state index is 11.8. The summed E-state index contributed by atoms with van der Waals surface area (Å²) in [5.74, 6) is 5.91. The van der Waals surface area contributed by atoms with Gasteiger partial charge in [-0.25, -0.2) is 4.79 Å². The minimum atomic E-state index is -0.220. The fraction of sp³-hybridized carbons (Fsp3) is 0.783. The second-order valence-corrected chi connectivity index (χ2v) is 7.25. The van der Waals surface area contributed by atoms with E-state index in [2.05, 4.69) is 25.7 Å². The average molecular weight is 347 g/mol. The van der Waals surface area contributed by atoms with Crippen molar-refractivity contribution in [3.63, 3.8) is 0 Å². The van der Waals surface area contributed by atoms with E-state index in [9.17, 15) is 4.79 Å². The minimum absolute atomic E-state index is 0.0403. The van der Waals surface area contributed by atoms with E-state index in [1.54, 1.807) is 0 Å². The van der Waals surface area contributed by atoms with Crippen molar-refractivity contribution in [1.82, 2.24) is 0 Å². The Kier molecular flexibility index (Phi) is 13.1. The number of ether oxygens (including phenoxy) is 1. The standard InChI is InChI=1S/C23H38O2/c1-3-5-7-9-11-12-13-15-17-19-22-20-21(23(24)25-22)18-16-14-10-8-6-4-2/h20,22H,3-15,17,19H2,1-2H3. The zero-order valence-electron chi connectivity index (χ0n) is 16.6. The zero-order valence-corrected chi connectivity index (χ0v) is 16.6. The molecule has 142 valence electrons. The largest absolute Gasteiger partial charge is 0.454 e. The Hall–Kier alpha value is -1.23. The van der Waals surface area contributed by atoms with Crippen LogP contribution in [0, 0.1) is 11.8 Å². The summed E-state index contributed by atoms with van der Waals surface area (Å²) in [7, 11) is 0. The van der Waals surface area contributed by atoms with Crippen LogP contribution in [-0.2, 0) is 9.53 Å². The minimum Gasteiger partial charge on any atom is -0.454 e. The average Bonchev–Trinajstić information content (AvgIpc) is 2.96. The Morgan fingerprint density at radius 3 is 2.04 bits per heavy atom. The summed E-state index contributed by atoms with van der Waals surface area (Å²) in [5, 5.41) is 0. The van der Waals surface area contributed by atoms with E-state index >= 15 is 0 Å². The number of carbonyl (C=O) groups is 1. The van der Waals surface area contributed by atoms with E-state index in [-0.39, 0.29) is 12.1 Å². The molecule has 0 aromatic rings. The SMILES string of the molecule is CCCCCCC#CC1=CC(CCCCCCCCCCC)OC1=O. The summed E-state index contributed by atoms with van der Waals surface area (Å²) in [6, 6.07) is 0. The molecule has 0 amide bonds. The number of cyclic esters (lactones) is 1. The molecule has 1 unspecified atom stereocenters. The Balaban J connectivity index is 2.08. The molecule has 0 N–H and O–H groups in total. The number of esters is 1. The van der Waals surface area contributed by atoms with Crippen molar-refractivity contribution in [2.45, 2.75) is 116 Å². The van der Waals surface area contributed by atoms with Crippen LogP contribution < -0.4 is 0 Å². The molecule has 2 nitrogen and oxygen atoms in total. The highest BCUT2D eigenvalue weighted by molar-refractivity contribution is 5.95. The third-order valence-corrected chi connectivity index (χ3v) is 4.80. The first kappa shape index (κ1) is 21.8. The van der Waals surface area contributed by atoms with Crippen LogP contribution in [0.3, 0.4) is 0 Å². The predicted molar refractivity (Wildman–Crippen MR) is 106 cm³/mol. The molecule has 0 radical (unpaired) electrons. The second kappa shape index (κ2) is 15.1. The maximum absolute atomic E-state index is 11.8. The van der Waals surface area contributed by atoms with Crippen LogP contribution in [0.4, 0.5) is 0 Å². The first-order chi connectivity index (χ1) is 12.3. The van der Waals surface area contributed by atoms with Crippen molar-refractivity contribution in [3.05, 3.63) is 11.6 Å². The summed E-state index contributed by atoms with van der Waals surface area (Å²) >= 11 is 0. The molecule has 0 saturated carbocycles. The van der Waals surface area contributed by atoms with E-state index in [0.717, 1.165) is 25.7 Å². The second-order valence-electron chi connectivity index (χ2n) is 7.25. The Morgan fingerprint density at radius 1 is 0.840 bits per heavy atom. The fourth-order valence-electron chi connectivity index (χ4n) is 3.18. The van der Waals surface area contributed by atoms with Gasteiger partial charge in [0.25, 0.3) is 0 Å². The van der Waals surface area contributed by atoms with Crippen molar-refractivity contribution >= 4 is 5.97 Å². The number of carbonyl (C=O) groups excluding carboxylic acids is 1. The molecule has 1 atom stereocenters. The summed E-state index contributed by atoms with van der Waals surface area (Å²) < 4.78 is 5.41. The van der Waals surface area contributed by atoms with Gasteiger partial charge in [-0.1, -0.05) is 96.3 Å². The van der Waals surface area contributed by atoms with Crippen LogP contribution in [0.2, 0.25) is 0 Å². The third-order valence-electron chi connectivity index (χ3n) is 4.80. The summed E-state index contributed by atoms with van der Waals surface area (Å²) in [6.45, 7) is 4.47. The molecular weight excluding hydrogens is 308 g/mol. The van der Waals surface area contributed by atoms with E-state index in [4.69, 9.17) is 4.74 Å². The molecule has 0 bridgehead atoms. The monoisotopic (exact) mass is 346 g/mol. The van der Waals surface area contributed by atoms with Crippen molar-refractivity contribution in [2.24, 2.45) is 0 Å². The maximum Gasteiger partial charge on any atom is 0.347 e. The summed E-state index contributed by atoms with van der Waals surface area (Å²) in [5.41, 5.74) is 0.580. The van der Waals surface area contributed by atoms with Gasteiger partial charge in [0.15, 0.2) is 0 Å². The molecule has 0 fully saturated rings. The molecule has 0 aromatic carbocycles. The zero-order chi connectivity index (χ0) is 18.2. The quantitative estimate of drug-likeness (QED) is 0.198. The highest BCUT2D eigenvalue weighted by Crippen LogP contribution is 2.19. The normalized spacial score (nSPS) is 16.3. The number of hydrogen-bond donors (Lipinski definition) is 0. The van der Waals surface area contributed by atoms with Gasteiger partial charge in [-0.05, 0) is 25.3 Å². The van der Waals surface area contributed by atoms with E-state index < -0.39 is 0 Å². The highest BCUT2D eigenvalue weighted by Gasteiger charge is 2.23. The number of unbranched alkanes of at least 4 members (excludes halogenated alkanes) is 12. The van der Waals surface area contributed by atoms with Crippen LogP contribution in [0.5, 0.6) is 0 Å². The lowest BCUT2D eigenvalue weighted by Gasteiger charge is -2.07. The topological polar surface area (TPSA) is 26.3 Å². The molecule has 1 heterocycles. The molecule has 25 heavy (non-hydrogen) atoms. The molecule has 0 spiro atoms. The number of hydrogen-bond acceptors (Lipinski definition) is 2. The van der Waals surface area contributed by atoms with Gasteiger partial charge >= 0.3 is 5.97 Å². The first-order valence-electron chi connectivity index (χ1n) is 10.7. The van der Waals surface area contributed by atoms with Gasteiger partial charge in [-0.3, -0.25) is 0 Å². The fourth-order valence-corrected chi connectivity index (χ4v) is 3.18. The van der Waals surface area contributed by atoms with Gasteiger partial charge in [0.1, 0.15) is 11.7 Å². The van der Waals surface area contributed by atoms with Gasteiger partial charge < -0.3 is 4.74 Å². The summed E-state index contributed by atoms with van der Waals surface area (Å²) in [6.07, 6.45) is 20.5. The molecule has 1 rings (SSSR count). The molecule has 1 aliphatic rings. The van der Waals surface area contributed by atoms with Crippen LogP contribution in [0.25, 0.3) is 0 Å². The Morgan fingerprint density at radius 2 is 1.40 bits per heavy atom. The van der Waals surface area contributed by atoms with E-state index in [0.29, 0.717) is 5.57 Å². The van der Waals surface area contributed by atoms with E-state index in [1.807, 2.05) is 6.08 Å². The lowest BCUT2D eigenvalue weighted by atomic mass is 10.0. The summed E-state index contributed by atoms with van der Waals surface area (Å²) in [4.78, 5) is 11.8. The molecule has 1 aliphatic heterocycles. The Labute approximate surface area is 155 Å². The van der Waals surface area contributed by atoms with Crippen molar-refractivity contribution in [3.8, 4) is 11.8 Å². The third kappa shape index (κ3) is 11.1. The van der Waals surface area contributed by atoms with Crippen LogP contribution in [0.15, 0.2) is 11.6 Å². The van der Waals surface area contributed by atoms with Crippen LogP contribution in [-0.4, -0.2) is 12.1 Å². The van der Waals surface area contributed by atoms with Crippen LogP contribution >= 0.6 is 0 Å². The van der Waals surface area contributed by atoms with Crippen molar-refractivity contribution < 1.29 is 9.53 Å². The Bertz CT molecular complexity index is 439. The molecule has 2 heteroatoms. The van der Waals surface area contributed by atoms with Gasteiger partial charge in [-0.15, -0.1) is 0 Å². The molecule has 0 aliphatic carbocycles. The van der Waals surface area contributed by atoms with Gasteiger partial charge in [0.2, 0.25) is 0 Å². The highest BCUT2D eigenvalue weighted by atomic mass is 16.5. The van der Waals surface area contributed by atoms with Crippen molar-refractivity contribution in [1.29, 1.82) is 0 Å². The molecular formula is C23H38O2. The van der Waals surface area contributed by atoms with Gasteiger partial charge in [0, 0.05) is 6.42 Å². The number of rotatable bonds is 14. The van der Waals surface area contributed by atoms with Crippen molar-refractivity contribution in [2.75, 3.05) is 0 Å².